The number of rotatable bonds is 4. The van der Waals surface area contributed by atoms with Crippen molar-refractivity contribution in [3.63, 3.8) is 0 Å². The first-order valence-electron chi connectivity index (χ1n) is 9.03. The minimum absolute atomic E-state index is 0.0172. The quantitative estimate of drug-likeness (QED) is 0.859. The van der Waals surface area contributed by atoms with Gasteiger partial charge in [-0.1, -0.05) is 13.0 Å². The van der Waals surface area contributed by atoms with Gasteiger partial charge in [0.25, 0.3) is 0 Å². The Bertz CT molecular complexity index is 598. The van der Waals surface area contributed by atoms with Gasteiger partial charge in [-0.3, -0.25) is 9.59 Å². The summed E-state index contributed by atoms with van der Waals surface area (Å²) in [4.78, 5) is 25.4. The van der Waals surface area contributed by atoms with Crippen LogP contribution in [0.1, 0.15) is 56.1 Å². The van der Waals surface area contributed by atoms with E-state index in [9.17, 15) is 14.7 Å². The summed E-state index contributed by atoms with van der Waals surface area (Å²) in [6.45, 7) is 3.59. The van der Waals surface area contributed by atoms with E-state index in [1.54, 1.807) is 12.1 Å². The van der Waals surface area contributed by atoms with Gasteiger partial charge in [0.05, 0.1) is 0 Å². The second kappa shape index (κ2) is 7.47. The van der Waals surface area contributed by atoms with Crippen LogP contribution in [-0.4, -0.2) is 29.9 Å². The number of aromatic hydroxyl groups is 1. The Balaban J connectivity index is 1.73. The van der Waals surface area contributed by atoms with Crippen molar-refractivity contribution in [1.29, 1.82) is 0 Å². The summed E-state index contributed by atoms with van der Waals surface area (Å²) in [5, 5.41) is 9.77. The summed E-state index contributed by atoms with van der Waals surface area (Å²) in [6, 6.07) is 5.03. The molecule has 0 atom stereocenters. The minimum atomic E-state index is -0.682. The third-order valence-corrected chi connectivity index (χ3v) is 5.45. The van der Waals surface area contributed by atoms with Crippen LogP contribution in [0.15, 0.2) is 18.2 Å². The lowest BCUT2D eigenvalue weighted by Gasteiger charge is -2.31. The van der Waals surface area contributed by atoms with E-state index in [1.165, 1.54) is 0 Å². The van der Waals surface area contributed by atoms with Crippen molar-refractivity contribution in [3.8, 4) is 5.75 Å². The van der Waals surface area contributed by atoms with Gasteiger partial charge < -0.3 is 9.84 Å². The highest BCUT2D eigenvalue weighted by atomic mass is 16.5. The molecule has 2 aliphatic rings. The molecule has 3 rings (SSSR count). The van der Waals surface area contributed by atoms with E-state index >= 15 is 0 Å². The summed E-state index contributed by atoms with van der Waals surface area (Å²) in [7, 11) is 0. The number of ether oxygens (including phenoxy) is 1. The summed E-state index contributed by atoms with van der Waals surface area (Å²) < 4.78 is 5.39. The molecular weight excluding hydrogens is 304 g/mol. The number of hydrogen-bond acceptors (Lipinski definition) is 4. The predicted octanol–water partition coefficient (Wildman–Crippen LogP) is 3.40. The molecule has 1 aliphatic heterocycles. The van der Waals surface area contributed by atoms with E-state index in [0.717, 1.165) is 44.5 Å². The standard InChI is InChI=1S/C20H26O4/c1-2-15-3-4-16(21)12-17(15)20-18(22)10-14(11-19(20)23)9-13-5-7-24-8-6-13/h3-4,12-14,20-21H,2,5-11H2,1H3. The highest BCUT2D eigenvalue weighted by molar-refractivity contribution is 6.10. The van der Waals surface area contributed by atoms with Gasteiger partial charge >= 0.3 is 0 Å². The van der Waals surface area contributed by atoms with Crippen LogP contribution in [0.25, 0.3) is 0 Å². The van der Waals surface area contributed by atoms with Gasteiger partial charge in [-0.25, -0.2) is 0 Å². The molecule has 1 saturated heterocycles. The third-order valence-electron chi connectivity index (χ3n) is 5.45. The maximum absolute atomic E-state index is 12.7. The Labute approximate surface area is 143 Å². The second-order valence-corrected chi connectivity index (χ2v) is 7.17. The minimum Gasteiger partial charge on any atom is -0.508 e. The van der Waals surface area contributed by atoms with Crippen molar-refractivity contribution in [2.45, 2.75) is 51.4 Å². The van der Waals surface area contributed by atoms with E-state index < -0.39 is 5.92 Å². The van der Waals surface area contributed by atoms with Crippen LogP contribution >= 0.6 is 0 Å². The van der Waals surface area contributed by atoms with Crippen molar-refractivity contribution in [3.05, 3.63) is 29.3 Å². The Morgan fingerprint density at radius 2 is 1.75 bits per heavy atom. The SMILES string of the molecule is CCc1ccc(O)cc1C1C(=O)CC(CC2CCOCC2)CC1=O. The van der Waals surface area contributed by atoms with Crippen LogP contribution in [0, 0.1) is 11.8 Å². The Morgan fingerprint density at radius 3 is 2.38 bits per heavy atom. The average Bonchev–Trinajstić information content (AvgIpc) is 2.55. The summed E-state index contributed by atoms with van der Waals surface area (Å²) in [5.74, 6) is 0.219. The topological polar surface area (TPSA) is 63.6 Å². The maximum atomic E-state index is 12.7. The first kappa shape index (κ1) is 17.2. The molecule has 1 aromatic carbocycles. The number of aryl methyl sites for hydroxylation is 1. The maximum Gasteiger partial charge on any atom is 0.148 e. The van der Waals surface area contributed by atoms with Crippen LogP contribution in [0.4, 0.5) is 0 Å². The fraction of sp³-hybridized carbons (Fsp3) is 0.600. The average molecular weight is 330 g/mol. The zero-order valence-corrected chi connectivity index (χ0v) is 14.3. The molecule has 0 bridgehead atoms. The number of hydrogen-bond donors (Lipinski definition) is 1. The molecular formula is C20H26O4. The van der Waals surface area contributed by atoms with Crippen LogP contribution in [0.2, 0.25) is 0 Å². The van der Waals surface area contributed by atoms with Crippen LogP contribution < -0.4 is 0 Å². The molecule has 1 heterocycles. The normalized spacial score (nSPS) is 25.9. The van der Waals surface area contributed by atoms with Crippen molar-refractivity contribution in [2.24, 2.45) is 11.8 Å². The smallest absolute Gasteiger partial charge is 0.148 e. The lowest BCUT2D eigenvalue weighted by Crippen LogP contribution is -2.33. The zero-order chi connectivity index (χ0) is 17.1. The Hall–Kier alpha value is -1.68. The molecule has 0 spiro atoms. The third kappa shape index (κ3) is 3.69. The predicted molar refractivity (Wildman–Crippen MR) is 91.1 cm³/mol. The van der Waals surface area contributed by atoms with E-state index in [1.807, 2.05) is 13.0 Å². The molecule has 0 aromatic heterocycles. The Morgan fingerprint density at radius 1 is 1.08 bits per heavy atom. The number of phenolic OH excluding ortho intramolecular Hbond substituents is 1. The van der Waals surface area contributed by atoms with Gasteiger partial charge in [-0.15, -0.1) is 0 Å². The molecule has 2 fully saturated rings. The van der Waals surface area contributed by atoms with Gasteiger partial charge in [-0.05, 0) is 60.8 Å². The van der Waals surface area contributed by atoms with Gasteiger partial charge in [0.2, 0.25) is 0 Å². The van der Waals surface area contributed by atoms with Crippen LogP contribution in [0.3, 0.4) is 0 Å². The summed E-state index contributed by atoms with van der Waals surface area (Å²) in [5.41, 5.74) is 1.68. The lowest BCUT2D eigenvalue weighted by molar-refractivity contribution is -0.134. The highest BCUT2D eigenvalue weighted by Crippen LogP contribution is 2.37. The molecule has 1 N–H and O–H groups in total. The monoisotopic (exact) mass is 330 g/mol. The van der Waals surface area contributed by atoms with Gasteiger partial charge in [0, 0.05) is 26.1 Å². The fourth-order valence-electron chi connectivity index (χ4n) is 4.20. The van der Waals surface area contributed by atoms with E-state index in [2.05, 4.69) is 0 Å². The Kier molecular flexibility index (Phi) is 5.34. The molecule has 24 heavy (non-hydrogen) atoms. The van der Waals surface area contributed by atoms with Crippen molar-refractivity contribution < 1.29 is 19.4 Å². The van der Waals surface area contributed by atoms with Gasteiger partial charge in [0.1, 0.15) is 23.2 Å². The number of phenols is 1. The first-order valence-corrected chi connectivity index (χ1v) is 9.03. The molecule has 1 aromatic rings. The van der Waals surface area contributed by atoms with Crippen molar-refractivity contribution >= 4 is 11.6 Å². The molecule has 0 amide bonds. The molecule has 0 radical (unpaired) electrons. The first-order chi connectivity index (χ1) is 11.6. The molecule has 1 aliphatic carbocycles. The highest BCUT2D eigenvalue weighted by Gasteiger charge is 2.38. The molecule has 130 valence electrons. The number of carbonyl (C=O) groups excluding carboxylic acids is 2. The van der Waals surface area contributed by atoms with Gasteiger partial charge in [0.15, 0.2) is 0 Å². The molecule has 1 saturated carbocycles. The van der Waals surface area contributed by atoms with E-state index in [-0.39, 0.29) is 23.2 Å². The molecule has 4 heteroatoms. The van der Waals surface area contributed by atoms with Crippen molar-refractivity contribution in [2.75, 3.05) is 13.2 Å². The van der Waals surface area contributed by atoms with Crippen LogP contribution in [-0.2, 0) is 20.7 Å². The zero-order valence-electron chi connectivity index (χ0n) is 14.3. The van der Waals surface area contributed by atoms with Crippen molar-refractivity contribution in [1.82, 2.24) is 0 Å². The fourth-order valence-corrected chi connectivity index (χ4v) is 4.20. The second-order valence-electron chi connectivity index (χ2n) is 7.17. The number of carbonyl (C=O) groups is 2. The number of benzene rings is 1. The van der Waals surface area contributed by atoms with Crippen LogP contribution in [0.5, 0.6) is 5.75 Å². The lowest BCUT2D eigenvalue weighted by atomic mass is 9.72. The van der Waals surface area contributed by atoms with Gasteiger partial charge in [-0.2, -0.15) is 0 Å². The van der Waals surface area contributed by atoms with E-state index in [4.69, 9.17) is 4.74 Å². The molecule has 4 nitrogen and oxygen atoms in total. The summed E-state index contributed by atoms with van der Waals surface area (Å²) in [6.07, 6.45) is 4.73. The number of Topliss-reactive ketones (excluding diaryl/α,β-unsaturated/α-hetero) is 2. The summed E-state index contributed by atoms with van der Waals surface area (Å²) >= 11 is 0. The largest absolute Gasteiger partial charge is 0.508 e. The number of ketones is 2. The molecule has 0 unspecified atom stereocenters. The van der Waals surface area contributed by atoms with E-state index in [0.29, 0.717) is 24.3 Å².